The Kier molecular flexibility index (Phi) is 6.85. The average molecular weight is 664 g/mol. The quantitative estimate of drug-likeness (QED) is 0.198. The molecule has 0 amide bonds. The summed E-state index contributed by atoms with van der Waals surface area (Å²) in [6, 6.07) is 16.9. The zero-order valence-corrected chi connectivity index (χ0v) is 29.5. The van der Waals surface area contributed by atoms with Crippen molar-refractivity contribution in [2.24, 2.45) is 5.92 Å². The first-order valence-corrected chi connectivity index (χ1v) is 19.6. The first-order chi connectivity index (χ1) is 25.3. The smallest absolute Gasteiger partial charge is 0.0494 e. The minimum absolute atomic E-state index is 0.405. The van der Waals surface area contributed by atoms with Crippen molar-refractivity contribution in [1.29, 1.82) is 0 Å². The maximum absolute atomic E-state index is 2.72. The zero-order valence-electron chi connectivity index (χ0n) is 29.5. The molecule has 6 aliphatic carbocycles. The number of para-hydroxylation sites is 1. The van der Waals surface area contributed by atoms with Crippen molar-refractivity contribution in [2.45, 2.75) is 83.1 Å². The van der Waals surface area contributed by atoms with E-state index in [2.05, 4.69) is 129 Å². The van der Waals surface area contributed by atoms with E-state index >= 15 is 0 Å². The van der Waals surface area contributed by atoms with Crippen LogP contribution >= 0.6 is 0 Å². The molecule has 1 aliphatic heterocycles. The van der Waals surface area contributed by atoms with Gasteiger partial charge in [0.2, 0.25) is 0 Å². The molecule has 0 spiro atoms. The van der Waals surface area contributed by atoms with Crippen LogP contribution in [0.15, 0.2) is 126 Å². The summed E-state index contributed by atoms with van der Waals surface area (Å²) in [6.45, 7) is 0. The first kappa shape index (κ1) is 29.7. The van der Waals surface area contributed by atoms with Crippen LogP contribution in [0.5, 0.6) is 0 Å². The number of benzene rings is 2. The molecule has 0 radical (unpaired) electrons. The summed E-state index contributed by atoms with van der Waals surface area (Å²) >= 11 is 0. The molecule has 0 fully saturated rings. The second kappa shape index (κ2) is 11.8. The number of nitrogens with zero attached hydrogens (tertiary/aromatic N) is 3. The third-order valence-corrected chi connectivity index (χ3v) is 12.8. The number of aromatic nitrogens is 2. The lowest BCUT2D eigenvalue weighted by Crippen LogP contribution is -2.23. The molecule has 0 N–H and O–H groups in total. The van der Waals surface area contributed by atoms with Gasteiger partial charge in [-0.15, -0.1) is 0 Å². The molecule has 3 heteroatoms. The van der Waals surface area contributed by atoms with Gasteiger partial charge in [0.15, 0.2) is 0 Å². The van der Waals surface area contributed by atoms with Crippen molar-refractivity contribution in [3.05, 3.63) is 154 Å². The lowest BCUT2D eigenvalue weighted by molar-refractivity contribution is 0.474. The van der Waals surface area contributed by atoms with Crippen molar-refractivity contribution in [3.63, 3.8) is 0 Å². The summed E-state index contributed by atoms with van der Waals surface area (Å²) in [5.74, 6) is 0.405. The zero-order chi connectivity index (χ0) is 33.5. The molecule has 11 rings (SSSR count). The van der Waals surface area contributed by atoms with Gasteiger partial charge in [0.25, 0.3) is 0 Å². The molecule has 4 aromatic rings. The van der Waals surface area contributed by atoms with Crippen LogP contribution in [0, 0.1) is 5.92 Å². The summed E-state index contributed by atoms with van der Waals surface area (Å²) in [4.78, 5) is 2.72. The van der Waals surface area contributed by atoms with Crippen molar-refractivity contribution >= 4 is 45.2 Å². The van der Waals surface area contributed by atoms with Crippen LogP contribution in [0.3, 0.4) is 0 Å². The van der Waals surface area contributed by atoms with Gasteiger partial charge in [-0.3, -0.25) is 0 Å². The Morgan fingerprint density at radius 1 is 0.647 bits per heavy atom. The summed E-state index contributed by atoms with van der Waals surface area (Å²) in [5, 5.41) is 2.78. The van der Waals surface area contributed by atoms with Crippen LogP contribution in [-0.4, -0.2) is 14.0 Å². The van der Waals surface area contributed by atoms with Gasteiger partial charge in [-0.25, -0.2) is 0 Å². The predicted molar refractivity (Wildman–Crippen MR) is 214 cm³/mol. The molecule has 3 heterocycles. The summed E-state index contributed by atoms with van der Waals surface area (Å²) in [5.41, 5.74) is 19.1. The maximum atomic E-state index is 2.72. The molecule has 2 aromatic heterocycles. The molecule has 51 heavy (non-hydrogen) atoms. The SMILES string of the molecule is C1=CCCC(n2c3c(c4c2CCC(N2C5=CC=C(c6ccc7c(c6)c6ccccc6n7C6CC=CCC6)CC5C5=C2CCC=C5)=C4)C=CCC3)=C1. The summed E-state index contributed by atoms with van der Waals surface area (Å²) < 4.78 is 5.30. The molecular weight excluding hydrogens is 619 g/mol. The molecule has 252 valence electrons. The first-order valence-electron chi connectivity index (χ1n) is 19.6. The summed E-state index contributed by atoms with van der Waals surface area (Å²) in [7, 11) is 0. The molecule has 2 aromatic carbocycles. The third kappa shape index (κ3) is 4.56. The Morgan fingerprint density at radius 3 is 2.45 bits per heavy atom. The molecule has 0 saturated carbocycles. The second-order valence-electron chi connectivity index (χ2n) is 15.5. The van der Waals surface area contributed by atoms with E-state index in [1.54, 1.807) is 11.3 Å². The van der Waals surface area contributed by atoms with Crippen molar-refractivity contribution in [2.75, 3.05) is 0 Å². The molecule has 2 unspecified atom stereocenters. The fourth-order valence-corrected chi connectivity index (χ4v) is 10.5. The molecule has 0 bridgehead atoms. The number of allylic oxidation sites excluding steroid dienone is 15. The van der Waals surface area contributed by atoms with E-state index in [9.17, 15) is 0 Å². The monoisotopic (exact) mass is 663 g/mol. The van der Waals surface area contributed by atoms with Crippen LogP contribution in [0.1, 0.15) is 98.3 Å². The van der Waals surface area contributed by atoms with Gasteiger partial charge in [0.05, 0.1) is 0 Å². The van der Waals surface area contributed by atoms with Crippen LogP contribution in [0.25, 0.3) is 45.2 Å². The van der Waals surface area contributed by atoms with Crippen LogP contribution in [-0.2, 0) is 12.8 Å². The van der Waals surface area contributed by atoms with E-state index < -0.39 is 0 Å². The van der Waals surface area contributed by atoms with Gasteiger partial charge in [-0.2, -0.15) is 0 Å². The maximum Gasteiger partial charge on any atom is 0.0494 e. The van der Waals surface area contributed by atoms with Gasteiger partial charge in [-0.1, -0.05) is 78.9 Å². The molecule has 2 atom stereocenters. The van der Waals surface area contributed by atoms with Crippen molar-refractivity contribution in [1.82, 2.24) is 14.0 Å². The van der Waals surface area contributed by atoms with E-state index in [4.69, 9.17) is 0 Å². The number of rotatable bonds is 4. The van der Waals surface area contributed by atoms with Gasteiger partial charge in [0.1, 0.15) is 0 Å². The largest absolute Gasteiger partial charge is 0.337 e. The standard InChI is InChI=1S/C48H45N3/c1-3-13-34(14-4-1)49-43-20-10-7-17-37(43)40-29-32(23-26-46(40)49)33-24-27-47-41(30-33)38-18-8-12-22-45(38)51(47)36-25-28-48-42(31-36)39-19-9-11-21-44(39)50(48)35-15-5-2-6-16-35/h1-3,5,7-10,15,17-20,23-24,26-27,29,31,34,41H,4,6,11-14,16,21-22,25,28,30H2. The van der Waals surface area contributed by atoms with Gasteiger partial charge >= 0.3 is 0 Å². The van der Waals surface area contributed by atoms with Crippen molar-refractivity contribution < 1.29 is 0 Å². The van der Waals surface area contributed by atoms with Crippen molar-refractivity contribution in [3.8, 4) is 0 Å². The Hall–Kier alpha value is -5.02. The summed E-state index contributed by atoms with van der Waals surface area (Å²) in [6.07, 6.45) is 42.4. The van der Waals surface area contributed by atoms with E-state index in [1.165, 1.54) is 85.4 Å². The van der Waals surface area contributed by atoms with E-state index in [0.29, 0.717) is 12.0 Å². The fraction of sp³-hybridized carbons (Fsp3) is 0.292. The Morgan fingerprint density at radius 2 is 1.53 bits per heavy atom. The highest BCUT2D eigenvalue weighted by molar-refractivity contribution is 6.09. The minimum atomic E-state index is 0.405. The third-order valence-electron chi connectivity index (χ3n) is 12.8. The highest BCUT2D eigenvalue weighted by Crippen LogP contribution is 2.52. The van der Waals surface area contributed by atoms with Crippen LogP contribution < -0.4 is 0 Å². The second-order valence-corrected chi connectivity index (χ2v) is 15.5. The Labute approximate surface area is 301 Å². The average Bonchev–Trinajstić information content (AvgIpc) is 3.83. The Balaban J connectivity index is 0.995. The van der Waals surface area contributed by atoms with Crippen LogP contribution in [0.4, 0.5) is 0 Å². The number of hydrogen-bond donors (Lipinski definition) is 0. The minimum Gasteiger partial charge on any atom is -0.337 e. The van der Waals surface area contributed by atoms with E-state index in [1.807, 2.05) is 0 Å². The predicted octanol–water partition coefficient (Wildman–Crippen LogP) is 12.2. The Bertz CT molecular complexity index is 2440. The normalized spacial score (nSPS) is 23.6. The highest BCUT2D eigenvalue weighted by Gasteiger charge is 2.40. The van der Waals surface area contributed by atoms with Crippen LogP contribution in [0.2, 0.25) is 0 Å². The fourth-order valence-electron chi connectivity index (χ4n) is 10.5. The lowest BCUT2D eigenvalue weighted by Gasteiger charge is -2.32. The van der Waals surface area contributed by atoms with Gasteiger partial charge < -0.3 is 14.0 Å². The van der Waals surface area contributed by atoms with E-state index in [0.717, 1.165) is 64.2 Å². The molecule has 3 nitrogen and oxygen atoms in total. The van der Waals surface area contributed by atoms with Gasteiger partial charge in [0, 0.05) is 79.1 Å². The molecule has 7 aliphatic rings. The lowest BCUT2D eigenvalue weighted by atomic mass is 9.83. The molecular formula is C48H45N3. The van der Waals surface area contributed by atoms with Gasteiger partial charge in [-0.05, 0) is 130 Å². The highest BCUT2D eigenvalue weighted by atomic mass is 15.2. The topological polar surface area (TPSA) is 13.1 Å². The number of fused-ring (bicyclic) bond motifs is 8. The number of hydrogen-bond acceptors (Lipinski definition) is 1. The molecule has 0 saturated heterocycles. The van der Waals surface area contributed by atoms with E-state index in [-0.39, 0.29) is 0 Å².